The lowest BCUT2D eigenvalue weighted by atomic mass is 10.0. The van der Waals surface area contributed by atoms with Gasteiger partial charge in [-0.15, -0.1) is 0 Å². The van der Waals surface area contributed by atoms with Crippen molar-refractivity contribution in [2.24, 2.45) is 0 Å². The molecule has 1 N–H and O–H groups in total. The molecule has 0 aliphatic carbocycles. The van der Waals surface area contributed by atoms with E-state index in [9.17, 15) is 5.11 Å². The number of fused-ring (bicyclic) bond motifs is 1. The van der Waals surface area contributed by atoms with Crippen LogP contribution in [0, 0.1) is 0 Å². The molecule has 0 unspecified atom stereocenters. The first-order valence-corrected chi connectivity index (χ1v) is 8.57. The first kappa shape index (κ1) is 15.8. The Morgan fingerprint density at radius 1 is 1.09 bits per heavy atom. The number of aliphatic hydroxyl groups is 1. The first-order chi connectivity index (χ1) is 10.6. The number of nitrogens with zero attached hydrogens (tertiary/aromatic N) is 1. The largest absolute Gasteiger partial charge is 0.388 e. The van der Waals surface area contributed by atoms with Crippen LogP contribution in [0.2, 0.25) is 10.0 Å². The average molecular weight is 397 g/mol. The molecule has 0 bridgehead atoms. The van der Waals surface area contributed by atoms with Gasteiger partial charge in [0, 0.05) is 21.3 Å². The quantitative estimate of drug-likeness (QED) is 0.581. The zero-order valence-corrected chi connectivity index (χ0v) is 14.5. The van der Waals surface area contributed by atoms with Crippen LogP contribution in [-0.2, 0) is 0 Å². The Hall–Kier alpha value is -1.13. The van der Waals surface area contributed by atoms with Crippen molar-refractivity contribution in [3.05, 3.63) is 64.1 Å². The maximum Gasteiger partial charge on any atom is 0.0900 e. The molecule has 5 heteroatoms. The second kappa shape index (κ2) is 6.55. The summed E-state index contributed by atoms with van der Waals surface area (Å²) in [7, 11) is 0. The highest BCUT2D eigenvalue weighted by molar-refractivity contribution is 9.09. The first-order valence-electron chi connectivity index (χ1n) is 6.69. The third-order valence-electron chi connectivity index (χ3n) is 3.44. The predicted molar refractivity (Wildman–Crippen MR) is 96.0 cm³/mol. The monoisotopic (exact) mass is 395 g/mol. The average Bonchev–Trinajstić information content (AvgIpc) is 2.54. The Balaban J connectivity index is 2.33. The predicted octanol–water partition coefficient (Wildman–Crippen LogP) is 5.64. The van der Waals surface area contributed by atoms with Crippen LogP contribution in [0.1, 0.15) is 11.7 Å². The number of aliphatic hydroxyl groups excluding tert-OH is 1. The number of pyridine rings is 1. The lowest BCUT2D eigenvalue weighted by molar-refractivity contribution is 0.207. The van der Waals surface area contributed by atoms with E-state index in [1.165, 1.54) is 0 Å². The van der Waals surface area contributed by atoms with Crippen molar-refractivity contribution in [3.63, 3.8) is 0 Å². The lowest BCUT2D eigenvalue weighted by Crippen LogP contribution is -2.02. The molecule has 22 heavy (non-hydrogen) atoms. The van der Waals surface area contributed by atoms with E-state index >= 15 is 0 Å². The van der Waals surface area contributed by atoms with Gasteiger partial charge in [0.05, 0.1) is 22.3 Å². The van der Waals surface area contributed by atoms with E-state index < -0.39 is 6.10 Å². The Morgan fingerprint density at radius 3 is 2.50 bits per heavy atom. The van der Waals surface area contributed by atoms with Crippen LogP contribution in [0.5, 0.6) is 0 Å². The van der Waals surface area contributed by atoms with Gasteiger partial charge in [-0.1, -0.05) is 69.5 Å². The Labute approximate surface area is 146 Å². The fourth-order valence-electron chi connectivity index (χ4n) is 2.39. The number of hydrogen-bond donors (Lipinski definition) is 1. The second-order valence-corrected chi connectivity index (χ2v) is 6.41. The summed E-state index contributed by atoms with van der Waals surface area (Å²) in [5.41, 5.74) is 3.14. The van der Waals surface area contributed by atoms with Crippen LogP contribution in [0.4, 0.5) is 0 Å². The van der Waals surface area contributed by atoms with Crippen molar-refractivity contribution in [2.75, 3.05) is 5.33 Å². The molecule has 1 atom stereocenters. The van der Waals surface area contributed by atoms with Gasteiger partial charge in [-0.05, 0) is 23.8 Å². The van der Waals surface area contributed by atoms with Crippen molar-refractivity contribution < 1.29 is 5.11 Å². The number of hydrogen-bond acceptors (Lipinski definition) is 2. The summed E-state index contributed by atoms with van der Waals surface area (Å²) in [6.45, 7) is 0. The molecule has 0 aliphatic heterocycles. The molecule has 2 nitrogen and oxygen atoms in total. The van der Waals surface area contributed by atoms with Crippen LogP contribution >= 0.6 is 39.1 Å². The summed E-state index contributed by atoms with van der Waals surface area (Å²) >= 11 is 15.7. The molecule has 0 fully saturated rings. The Bertz CT molecular complexity index is 824. The molecule has 3 rings (SSSR count). The molecule has 3 aromatic rings. The van der Waals surface area contributed by atoms with E-state index in [0.29, 0.717) is 20.9 Å². The third-order valence-corrected chi connectivity index (χ3v) is 4.56. The highest BCUT2D eigenvalue weighted by Gasteiger charge is 2.16. The number of halogens is 3. The smallest absolute Gasteiger partial charge is 0.0900 e. The number of benzene rings is 2. The van der Waals surface area contributed by atoms with Gasteiger partial charge < -0.3 is 5.11 Å². The molecule has 0 aliphatic rings. The number of aromatic nitrogens is 1. The van der Waals surface area contributed by atoms with Crippen molar-refractivity contribution in [2.45, 2.75) is 6.10 Å². The van der Waals surface area contributed by atoms with Gasteiger partial charge in [0.15, 0.2) is 0 Å². The fourth-order valence-corrected chi connectivity index (χ4v) is 3.28. The van der Waals surface area contributed by atoms with Crippen LogP contribution in [0.15, 0.2) is 48.5 Å². The molecular formula is C17H12BrCl2NO. The maximum absolute atomic E-state index is 10.3. The molecule has 0 saturated carbocycles. The minimum Gasteiger partial charge on any atom is -0.388 e. The molecule has 0 saturated heterocycles. The normalized spacial score (nSPS) is 12.5. The summed E-state index contributed by atoms with van der Waals surface area (Å²) in [5.74, 6) is 0. The summed E-state index contributed by atoms with van der Waals surface area (Å²) < 4.78 is 0. The maximum atomic E-state index is 10.3. The number of alkyl halides is 1. The van der Waals surface area contributed by atoms with Gasteiger partial charge in [0.2, 0.25) is 0 Å². The lowest BCUT2D eigenvalue weighted by Gasteiger charge is -2.14. The molecule has 2 aromatic carbocycles. The topological polar surface area (TPSA) is 33.1 Å². The molecule has 1 heterocycles. The van der Waals surface area contributed by atoms with Crippen molar-refractivity contribution >= 4 is 50.0 Å². The molecule has 0 amide bonds. The van der Waals surface area contributed by atoms with Gasteiger partial charge in [0.1, 0.15) is 0 Å². The standard InChI is InChI=1S/C17H12BrCl2NO/c18-9-16(22)12-8-15(10-4-2-1-3-5-10)21-17-13(12)6-11(19)7-14(17)20/h1-8,16,22H,9H2/t16-/m0/s1. The summed E-state index contributed by atoms with van der Waals surface area (Å²) in [5, 5.41) is 12.5. The van der Waals surface area contributed by atoms with Crippen LogP contribution in [-0.4, -0.2) is 15.4 Å². The van der Waals surface area contributed by atoms with E-state index in [4.69, 9.17) is 23.2 Å². The van der Waals surface area contributed by atoms with Crippen molar-refractivity contribution in [1.29, 1.82) is 0 Å². The summed E-state index contributed by atoms with van der Waals surface area (Å²) in [6.07, 6.45) is -0.664. The van der Waals surface area contributed by atoms with E-state index in [1.54, 1.807) is 12.1 Å². The molecule has 0 spiro atoms. The summed E-state index contributed by atoms with van der Waals surface area (Å²) in [4.78, 5) is 4.65. The second-order valence-electron chi connectivity index (χ2n) is 4.92. The minimum atomic E-state index is -0.664. The SMILES string of the molecule is O[C@@H](CBr)c1cc(-c2ccccc2)nc2c(Cl)cc(Cl)cc12. The zero-order chi connectivity index (χ0) is 15.7. The highest BCUT2D eigenvalue weighted by atomic mass is 79.9. The van der Waals surface area contributed by atoms with E-state index in [0.717, 1.165) is 22.2 Å². The van der Waals surface area contributed by atoms with Crippen LogP contribution in [0.3, 0.4) is 0 Å². The molecular weight excluding hydrogens is 385 g/mol. The summed E-state index contributed by atoms with van der Waals surface area (Å²) in [6, 6.07) is 15.1. The third kappa shape index (κ3) is 2.99. The van der Waals surface area contributed by atoms with Gasteiger partial charge in [-0.2, -0.15) is 0 Å². The van der Waals surface area contributed by atoms with E-state index in [-0.39, 0.29) is 0 Å². The Morgan fingerprint density at radius 2 is 1.82 bits per heavy atom. The van der Waals surface area contributed by atoms with Gasteiger partial charge in [-0.3, -0.25) is 0 Å². The van der Waals surface area contributed by atoms with Gasteiger partial charge in [0.25, 0.3) is 0 Å². The number of rotatable bonds is 3. The molecule has 112 valence electrons. The molecule has 0 radical (unpaired) electrons. The van der Waals surface area contributed by atoms with Crippen LogP contribution in [0.25, 0.3) is 22.2 Å². The van der Waals surface area contributed by atoms with Crippen molar-refractivity contribution in [3.8, 4) is 11.3 Å². The zero-order valence-electron chi connectivity index (χ0n) is 11.4. The Kier molecular flexibility index (Phi) is 4.69. The van der Waals surface area contributed by atoms with Crippen LogP contribution < -0.4 is 0 Å². The highest BCUT2D eigenvalue weighted by Crippen LogP contribution is 2.34. The minimum absolute atomic E-state index is 0.421. The fraction of sp³-hybridized carbons (Fsp3) is 0.118. The van der Waals surface area contributed by atoms with E-state index in [2.05, 4.69) is 20.9 Å². The van der Waals surface area contributed by atoms with Crippen molar-refractivity contribution in [1.82, 2.24) is 4.98 Å². The van der Waals surface area contributed by atoms with Gasteiger partial charge >= 0.3 is 0 Å². The molecule has 1 aromatic heterocycles. The van der Waals surface area contributed by atoms with Gasteiger partial charge in [-0.25, -0.2) is 4.98 Å². The van der Waals surface area contributed by atoms with E-state index in [1.807, 2.05) is 36.4 Å².